The molecule has 0 aromatic carbocycles. The van der Waals surface area contributed by atoms with E-state index in [-0.39, 0.29) is 5.75 Å². The van der Waals surface area contributed by atoms with E-state index in [1.807, 2.05) is 6.92 Å². The van der Waals surface area contributed by atoms with Crippen molar-refractivity contribution in [2.75, 3.05) is 24.7 Å². The van der Waals surface area contributed by atoms with E-state index in [9.17, 15) is 21.6 Å². The first-order valence-electron chi connectivity index (χ1n) is 4.41. The lowest BCUT2D eigenvalue weighted by Crippen LogP contribution is -2.22. The van der Waals surface area contributed by atoms with Gasteiger partial charge in [-0.1, -0.05) is 13.3 Å². The SMILES string of the molecule is CCCPCCS(=O)(=O)OCC(F)(F)F. The molecule has 0 aromatic heterocycles. The summed E-state index contributed by atoms with van der Waals surface area (Å²) in [5.41, 5.74) is 0. The highest BCUT2D eigenvalue weighted by Crippen LogP contribution is 2.17. The Kier molecular flexibility index (Phi) is 6.71. The topological polar surface area (TPSA) is 43.4 Å². The number of hydrogen-bond donors (Lipinski definition) is 0. The fourth-order valence-corrected chi connectivity index (χ4v) is 3.33. The van der Waals surface area contributed by atoms with Gasteiger partial charge in [-0.3, -0.25) is 4.18 Å². The first kappa shape index (κ1) is 15.1. The van der Waals surface area contributed by atoms with Crippen molar-refractivity contribution in [1.82, 2.24) is 0 Å². The molecule has 0 bridgehead atoms. The van der Waals surface area contributed by atoms with Crippen molar-refractivity contribution < 1.29 is 25.8 Å². The maximum atomic E-state index is 11.6. The van der Waals surface area contributed by atoms with Crippen LogP contribution in [0.25, 0.3) is 0 Å². The van der Waals surface area contributed by atoms with Crippen LogP contribution in [-0.4, -0.2) is 39.3 Å². The summed E-state index contributed by atoms with van der Waals surface area (Å²) in [5.74, 6) is -0.332. The summed E-state index contributed by atoms with van der Waals surface area (Å²) in [6.45, 7) is 0.230. The predicted octanol–water partition coefficient (Wildman–Crippen LogP) is 1.98. The average Bonchev–Trinajstić information content (AvgIpc) is 2.09. The third-order valence-electron chi connectivity index (χ3n) is 1.36. The highest BCUT2D eigenvalue weighted by Gasteiger charge is 2.30. The molecule has 0 aromatic rings. The van der Waals surface area contributed by atoms with Crippen molar-refractivity contribution >= 4 is 18.7 Å². The van der Waals surface area contributed by atoms with Gasteiger partial charge in [0.1, 0.15) is 0 Å². The maximum absolute atomic E-state index is 11.6. The number of hydrogen-bond acceptors (Lipinski definition) is 3. The largest absolute Gasteiger partial charge is 0.413 e. The quantitative estimate of drug-likeness (QED) is 0.402. The Labute approximate surface area is 89.3 Å². The lowest BCUT2D eigenvalue weighted by atomic mass is 10.6. The molecule has 3 nitrogen and oxygen atoms in total. The van der Waals surface area contributed by atoms with E-state index < -0.39 is 22.9 Å². The zero-order chi connectivity index (χ0) is 11.9. The summed E-state index contributed by atoms with van der Waals surface area (Å²) in [7, 11) is -3.55. The monoisotopic (exact) mass is 266 g/mol. The Hall–Kier alpha value is 0.130. The van der Waals surface area contributed by atoms with Crippen LogP contribution in [0, 0.1) is 0 Å². The van der Waals surface area contributed by atoms with Crippen LogP contribution in [0.1, 0.15) is 13.3 Å². The van der Waals surface area contributed by atoms with Crippen molar-refractivity contribution in [2.45, 2.75) is 19.5 Å². The lowest BCUT2D eigenvalue weighted by molar-refractivity contribution is -0.152. The summed E-state index contributed by atoms with van der Waals surface area (Å²) in [4.78, 5) is 0. The van der Waals surface area contributed by atoms with E-state index in [2.05, 4.69) is 4.18 Å². The fraction of sp³-hybridized carbons (Fsp3) is 1.00. The Bertz CT molecular complexity index is 263. The second kappa shape index (κ2) is 6.66. The Morgan fingerprint density at radius 1 is 1.27 bits per heavy atom. The van der Waals surface area contributed by atoms with Crippen LogP contribution in [0.15, 0.2) is 0 Å². The zero-order valence-corrected chi connectivity index (χ0v) is 10.1. The minimum absolute atomic E-state index is 0.332. The van der Waals surface area contributed by atoms with Crippen LogP contribution in [0.3, 0.4) is 0 Å². The van der Waals surface area contributed by atoms with Gasteiger partial charge in [-0.25, -0.2) is 0 Å². The second-order valence-corrected chi connectivity index (χ2v) is 6.15. The lowest BCUT2D eigenvalue weighted by Gasteiger charge is -2.07. The normalized spacial score (nSPS) is 13.9. The van der Waals surface area contributed by atoms with Gasteiger partial charge in [-0.2, -0.15) is 21.6 Å². The smallest absolute Gasteiger partial charge is 0.261 e. The van der Waals surface area contributed by atoms with Crippen LogP contribution in [0.5, 0.6) is 0 Å². The highest BCUT2D eigenvalue weighted by molar-refractivity contribution is 7.87. The molecule has 15 heavy (non-hydrogen) atoms. The predicted molar refractivity (Wildman–Crippen MR) is 54.1 cm³/mol. The van der Waals surface area contributed by atoms with E-state index in [4.69, 9.17) is 0 Å². The van der Waals surface area contributed by atoms with E-state index in [0.29, 0.717) is 14.7 Å². The summed E-state index contributed by atoms with van der Waals surface area (Å²) in [6.07, 6.45) is -2.39. The molecule has 0 radical (unpaired) electrons. The van der Waals surface area contributed by atoms with Gasteiger partial charge in [0.05, 0.1) is 5.75 Å². The van der Waals surface area contributed by atoms with Gasteiger partial charge in [0.25, 0.3) is 10.1 Å². The molecule has 0 spiro atoms. The Morgan fingerprint density at radius 2 is 1.87 bits per heavy atom. The van der Waals surface area contributed by atoms with Gasteiger partial charge < -0.3 is 0 Å². The first-order chi connectivity index (χ1) is 6.77. The molecule has 0 fully saturated rings. The number of alkyl halides is 3. The van der Waals surface area contributed by atoms with Gasteiger partial charge in [0, 0.05) is 0 Å². The van der Waals surface area contributed by atoms with Gasteiger partial charge in [0.2, 0.25) is 0 Å². The molecule has 1 unspecified atom stereocenters. The zero-order valence-electron chi connectivity index (χ0n) is 8.30. The van der Waals surface area contributed by atoms with Crippen molar-refractivity contribution in [3.05, 3.63) is 0 Å². The Balaban J connectivity index is 3.78. The van der Waals surface area contributed by atoms with Crippen molar-refractivity contribution in [2.24, 2.45) is 0 Å². The Morgan fingerprint density at radius 3 is 2.33 bits per heavy atom. The molecular formula is C7H14F3O3PS. The van der Waals surface area contributed by atoms with E-state index >= 15 is 0 Å². The molecule has 0 rings (SSSR count). The van der Waals surface area contributed by atoms with E-state index in [0.717, 1.165) is 12.6 Å². The fourth-order valence-electron chi connectivity index (χ4n) is 0.714. The summed E-state index contributed by atoms with van der Waals surface area (Å²) >= 11 is 0. The van der Waals surface area contributed by atoms with Crippen LogP contribution >= 0.6 is 8.58 Å². The van der Waals surface area contributed by atoms with Gasteiger partial charge >= 0.3 is 6.18 Å². The van der Waals surface area contributed by atoms with Crippen molar-refractivity contribution in [3.8, 4) is 0 Å². The summed E-state index contributed by atoms with van der Waals surface area (Å²) < 4.78 is 60.6. The van der Waals surface area contributed by atoms with Crippen LogP contribution in [0.2, 0.25) is 0 Å². The van der Waals surface area contributed by atoms with Gasteiger partial charge in [-0.05, 0) is 12.3 Å². The molecule has 92 valence electrons. The molecule has 0 saturated carbocycles. The van der Waals surface area contributed by atoms with E-state index in [1.54, 1.807) is 0 Å². The molecule has 0 aliphatic heterocycles. The van der Waals surface area contributed by atoms with Crippen LogP contribution < -0.4 is 0 Å². The first-order valence-corrected chi connectivity index (χ1v) is 7.40. The third-order valence-corrected chi connectivity index (χ3v) is 4.36. The molecule has 0 N–H and O–H groups in total. The molecule has 0 aliphatic carbocycles. The standard InChI is InChI=1S/C7H14F3O3PS/c1-2-3-14-4-5-15(11,12)13-6-7(8,9)10/h14H,2-6H2,1H3. The number of rotatable bonds is 7. The molecule has 0 heterocycles. The maximum Gasteiger partial charge on any atom is 0.413 e. The van der Waals surface area contributed by atoms with Crippen LogP contribution in [-0.2, 0) is 14.3 Å². The minimum Gasteiger partial charge on any atom is -0.261 e. The molecule has 8 heteroatoms. The van der Waals surface area contributed by atoms with Gasteiger partial charge in [0.15, 0.2) is 6.61 Å². The average molecular weight is 266 g/mol. The summed E-state index contributed by atoms with van der Waals surface area (Å²) in [5, 5.41) is 0. The third kappa shape index (κ3) is 10.4. The molecule has 1 atom stereocenters. The van der Waals surface area contributed by atoms with Gasteiger partial charge in [-0.15, -0.1) is 8.58 Å². The van der Waals surface area contributed by atoms with Crippen LogP contribution in [0.4, 0.5) is 13.2 Å². The number of halogens is 3. The van der Waals surface area contributed by atoms with Crippen molar-refractivity contribution in [3.63, 3.8) is 0 Å². The van der Waals surface area contributed by atoms with E-state index in [1.165, 1.54) is 0 Å². The minimum atomic E-state index is -4.60. The highest BCUT2D eigenvalue weighted by atomic mass is 32.2. The summed E-state index contributed by atoms with van der Waals surface area (Å²) in [6, 6.07) is 0. The molecule has 0 amide bonds. The molecule has 0 aliphatic rings. The molecule has 0 saturated heterocycles. The molecular weight excluding hydrogens is 252 g/mol. The second-order valence-electron chi connectivity index (χ2n) is 2.89. The van der Waals surface area contributed by atoms with Crippen molar-refractivity contribution in [1.29, 1.82) is 0 Å².